The van der Waals surface area contributed by atoms with Crippen molar-refractivity contribution in [1.29, 1.82) is 0 Å². The molecule has 5 rings (SSSR count). The molecule has 0 heterocycles. The molecule has 4 aliphatic rings. The molecule has 1 aromatic rings. The number of rotatable bonds is 4. The first-order valence-corrected chi connectivity index (χ1v) is 15.8. The van der Waals surface area contributed by atoms with Crippen molar-refractivity contribution in [2.75, 3.05) is 0 Å². The molecule has 2 N–H and O–H groups in total. The van der Waals surface area contributed by atoms with Crippen molar-refractivity contribution >= 4 is 32.4 Å². The first kappa shape index (κ1) is 26.1. The number of hydrogen-bond donors (Lipinski definition) is 2. The third-order valence-corrected chi connectivity index (χ3v) is 14.1. The van der Waals surface area contributed by atoms with Crippen LogP contribution in [0, 0.1) is 33.5 Å². The van der Waals surface area contributed by atoms with Crippen LogP contribution in [-0.2, 0) is 20.2 Å². The average molecular weight is 535 g/mol. The first-order valence-electron chi connectivity index (χ1n) is 12.8. The molecule has 4 fully saturated rings. The fraction of sp³-hybridized carbons (Fsp3) is 0.643. The number of fused-ring (bicyclic) bond motifs is 4. The molecule has 0 saturated heterocycles. The Labute approximate surface area is 215 Å². The molecule has 198 valence electrons. The number of benzene rings is 1. The molecule has 0 spiro atoms. The van der Waals surface area contributed by atoms with Crippen LogP contribution in [-0.4, -0.2) is 36.4 Å². The van der Waals surface area contributed by atoms with Gasteiger partial charge in [0, 0.05) is 0 Å². The van der Waals surface area contributed by atoms with Crippen molar-refractivity contribution in [2.24, 2.45) is 33.5 Å². The summed E-state index contributed by atoms with van der Waals surface area (Å²) in [7, 11) is -8.51. The number of hydrogen-bond acceptors (Lipinski definition) is 4. The van der Waals surface area contributed by atoms with Crippen molar-refractivity contribution in [3.63, 3.8) is 0 Å². The molecule has 8 heteroatoms. The normalized spacial score (nSPS) is 41.0. The molecular weight excluding hydrogens is 496 g/mol. The van der Waals surface area contributed by atoms with Gasteiger partial charge in [-0.25, -0.2) is 0 Å². The zero-order valence-corrected chi connectivity index (χ0v) is 23.6. The maximum Gasteiger partial charge on any atom is 0.272 e. The molecule has 6 nitrogen and oxygen atoms in total. The van der Waals surface area contributed by atoms with E-state index < -0.39 is 41.6 Å². The molecule has 36 heavy (non-hydrogen) atoms. The van der Waals surface area contributed by atoms with E-state index in [1.165, 1.54) is 0 Å². The third kappa shape index (κ3) is 3.33. The Morgan fingerprint density at radius 2 is 0.972 bits per heavy atom. The van der Waals surface area contributed by atoms with Gasteiger partial charge in [0.2, 0.25) is 0 Å². The molecule has 6 atom stereocenters. The van der Waals surface area contributed by atoms with Crippen LogP contribution >= 0.6 is 0 Å². The summed E-state index contributed by atoms with van der Waals surface area (Å²) in [5.74, 6) is 0.174. The topological polar surface area (TPSA) is 109 Å². The van der Waals surface area contributed by atoms with Crippen LogP contribution in [0.2, 0.25) is 0 Å². The molecule has 1 aromatic carbocycles. The summed E-state index contributed by atoms with van der Waals surface area (Å²) in [6, 6.07) is 7.63. The van der Waals surface area contributed by atoms with Gasteiger partial charge >= 0.3 is 0 Å². The molecule has 4 bridgehead atoms. The van der Waals surface area contributed by atoms with Gasteiger partial charge in [-0.2, -0.15) is 16.8 Å². The van der Waals surface area contributed by atoms with Gasteiger partial charge in [0.05, 0.1) is 0 Å². The maximum absolute atomic E-state index is 12.5. The van der Waals surface area contributed by atoms with Crippen molar-refractivity contribution in [3.05, 3.63) is 46.5 Å². The molecular formula is C28H38O6S2. The standard InChI is InChI=1S/C28H38O6S2/c1-25(2)21-11-13-27(25,5)23(35(29,30)31)19(21)15-17-7-9-18(10-8-17)16-20-22-12-14-28(6,26(22,3)4)24(20)36(32,33)34/h7-10,15-16,21-24H,11-14H2,1-6H3,(H,29,30,31)(H,32,33,34). The van der Waals surface area contributed by atoms with E-state index in [-0.39, 0.29) is 22.7 Å². The van der Waals surface area contributed by atoms with E-state index in [0.29, 0.717) is 0 Å². The van der Waals surface area contributed by atoms with Crippen LogP contribution in [0.4, 0.5) is 0 Å². The summed E-state index contributed by atoms with van der Waals surface area (Å²) in [6.07, 6.45) is 7.16. The predicted octanol–water partition coefficient (Wildman–Crippen LogP) is 5.88. The lowest BCUT2D eigenvalue weighted by atomic mass is 9.71. The second-order valence-electron chi connectivity index (χ2n) is 13.2. The smallest absolute Gasteiger partial charge is 0.272 e. The van der Waals surface area contributed by atoms with Gasteiger partial charge < -0.3 is 0 Å². The Kier molecular flexibility index (Phi) is 5.48. The van der Waals surface area contributed by atoms with Gasteiger partial charge in [0.1, 0.15) is 10.5 Å². The molecule has 0 amide bonds. The summed E-state index contributed by atoms with van der Waals surface area (Å²) in [5.41, 5.74) is 1.73. The Morgan fingerprint density at radius 1 is 0.667 bits per heavy atom. The molecule has 0 radical (unpaired) electrons. The Morgan fingerprint density at radius 3 is 1.25 bits per heavy atom. The lowest BCUT2D eigenvalue weighted by Crippen LogP contribution is -2.40. The minimum Gasteiger partial charge on any atom is -0.285 e. The Hall–Kier alpha value is -1.48. The van der Waals surface area contributed by atoms with Crippen molar-refractivity contribution in [3.8, 4) is 0 Å². The summed E-state index contributed by atoms with van der Waals surface area (Å²) >= 11 is 0. The summed E-state index contributed by atoms with van der Waals surface area (Å²) < 4.78 is 70.1. The second kappa shape index (κ2) is 7.55. The fourth-order valence-electron chi connectivity index (χ4n) is 8.68. The Balaban J connectivity index is 1.52. The highest BCUT2D eigenvalue weighted by Crippen LogP contribution is 2.70. The van der Waals surface area contributed by atoms with Gasteiger partial charge in [0.15, 0.2) is 0 Å². The van der Waals surface area contributed by atoms with Crippen molar-refractivity contribution in [1.82, 2.24) is 0 Å². The minimum atomic E-state index is -4.26. The monoisotopic (exact) mass is 534 g/mol. The van der Waals surface area contributed by atoms with Gasteiger partial charge in [-0.05, 0) is 81.5 Å². The van der Waals surface area contributed by atoms with E-state index in [9.17, 15) is 25.9 Å². The summed E-state index contributed by atoms with van der Waals surface area (Å²) in [4.78, 5) is 0. The molecule has 4 aliphatic carbocycles. The van der Waals surface area contributed by atoms with Gasteiger partial charge in [-0.1, -0.05) is 78.0 Å². The minimum absolute atomic E-state index is 0.0868. The van der Waals surface area contributed by atoms with Crippen LogP contribution in [0.25, 0.3) is 12.2 Å². The van der Waals surface area contributed by atoms with E-state index in [4.69, 9.17) is 0 Å². The van der Waals surface area contributed by atoms with Crippen LogP contribution in [0.3, 0.4) is 0 Å². The lowest BCUT2D eigenvalue weighted by Gasteiger charge is -2.37. The fourth-order valence-corrected chi connectivity index (χ4v) is 12.0. The van der Waals surface area contributed by atoms with Gasteiger partial charge in [-0.3, -0.25) is 9.11 Å². The SMILES string of the molecule is CC1(C)C2CCC1(C)C(S(=O)(=O)O)C2=Cc1ccc(C=C2C3CCC(C)(C2S(=O)(=O)O)C3(C)C)cc1. The van der Waals surface area contributed by atoms with Gasteiger partial charge in [0.25, 0.3) is 20.2 Å². The first-order chi connectivity index (χ1) is 16.4. The van der Waals surface area contributed by atoms with Crippen LogP contribution in [0.5, 0.6) is 0 Å². The molecule has 0 aliphatic heterocycles. The summed E-state index contributed by atoms with van der Waals surface area (Å²) in [5, 5.41) is -1.82. The largest absolute Gasteiger partial charge is 0.285 e. The maximum atomic E-state index is 12.5. The zero-order chi connectivity index (χ0) is 26.7. The highest BCUT2D eigenvalue weighted by molar-refractivity contribution is 7.87. The zero-order valence-electron chi connectivity index (χ0n) is 21.9. The van der Waals surface area contributed by atoms with Crippen LogP contribution < -0.4 is 0 Å². The van der Waals surface area contributed by atoms with E-state index in [2.05, 4.69) is 27.7 Å². The lowest BCUT2D eigenvalue weighted by molar-refractivity contribution is 0.151. The van der Waals surface area contributed by atoms with Crippen molar-refractivity contribution in [2.45, 2.75) is 77.7 Å². The van der Waals surface area contributed by atoms with E-state index in [1.54, 1.807) is 0 Å². The van der Waals surface area contributed by atoms with Crippen LogP contribution in [0.1, 0.15) is 78.4 Å². The highest BCUT2D eigenvalue weighted by atomic mass is 32.2. The van der Waals surface area contributed by atoms with E-state index in [0.717, 1.165) is 48.0 Å². The van der Waals surface area contributed by atoms with Crippen molar-refractivity contribution < 1.29 is 25.9 Å². The predicted molar refractivity (Wildman–Crippen MR) is 142 cm³/mol. The van der Waals surface area contributed by atoms with Crippen LogP contribution in [0.15, 0.2) is 35.4 Å². The average Bonchev–Trinajstić information content (AvgIpc) is 3.22. The summed E-state index contributed by atoms with van der Waals surface area (Å²) in [6.45, 7) is 12.3. The highest BCUT2D eigenvalue weighted by Gasteiger charge is 2.68. The second-order valence-corrected chi connectivity index (χ2v) is 16.2. The quantitative estimate of drug-likeness (QED) is 0.467. The molecule has 4 saturated carbocycles. The third-order valence-electron chi connectivity index (χ3n) is 11.4. The van der Waals surface area contributed by atoms with E-state index in [1.807, 2.05) is 50.3 Å². The molecule has 0 aromatic heterocycles. The molecule has 6 unspecified atom stereocenters. The Bertz CT molecular complexity index is 1280. The van der Waals surface area contributed by atoms with Gasteiger partial charge in [-0.15, -0.1) is 0 Å². The van der Waals surface area contributed by atoms with E-state index >= 15 is 0 Å².